The van der Waals surface area contributed by atoms with Crippen molar-refractivity contribution in [3.63, 3.8) is 0 Å². The number of aromatic nitrogens is 2. The second-order valence-corrected chi connectivity index (χ2v) is 4.94. The highest BCUT2D eigenvalue weighted by molar-refractivity contribution is 9.10. The molecule has 1 heterocycles. The molecule has 1 atom stereocenters. The Kier molecular flexibility index (Phi) is 3.70. The minimum atomic E-state index is 0.566. The van der Waals surface area contributed by atoms with Crippen molar-refractivity contribution in [3.8, 4) is 0 Å². The summed E-state index contributed by atoms with van der Waals surface area (Å²) in [5.74, 6) is 1.79. The summed E-state index contributed by atoms with van der Waals surface area (Å²) in [6, 6.07) is 0.566. The van der Waals surface area contributed by atoms with Gasteiger partial charge in [-0.05, 0) is 41.2 Å². The number of halogens is 1. The fraction of sp³-hybridized carbons (Fsp3) is 0.636. The van der Waals surface area contributed by atoms with Gasteiger partial charge >= 0.3 is 0 Å². The van der Waals surface area contributed by atoms with Gasteiger partial charge in [-0.1, -0.05) is 6.92 Å². The number of hydrogen-bond acceptors (Lipinski definition) is 3. The molecule has 1 aromatic rings. The first-order valence-electron chi connectivity index (χ1n) is 5.49. The van der Waals surface area contributed by atoms with Crippen molar-refractivity contribution in [2.75, 3.05) is 6.54 Å². The molecule has 15 heavy (non-hydrogen) atoms. The molecule has 1 aliphatic carbocycles. The largest absolute Gasteiger partial charge is 0.314 e. The molecule has 1 fully saturated rings. The third kappa shape index (κ3) is 3.24. The first-order chi connectivity index (χ1) is 7.29. The molecule has 0 aliphatic heterocycles. The van der Waals surface area contributed by atoms with E-state index < -0.39 is 0 Å². The zero-order valence-corrected chi connectivity index (χ0v) is 10.5. The normalized spacial score (nSPS) is 17.7. The quantitative estimate of drug-likeness (QED) is 0.891. The summed E-state index contributed by atoms with van der Waals surface area (Å²) in [5.41, 5.74) is 0. The van der Waals surface area contributed by atoms with Crippen LogP contribution in [0.1, 0.15) is 25.6 Å². The molecule has 1 N–H and O–H groups in total. The second kappa shape index (κ2) is 5.03. The maximum Gasteiger partial charge on any atom is 0.129 e. The highest BCUT2D eigenvalue weighted by atomic mass is 79.9. The Hall–Kier alpha value is -0.480. The van der Waals surface area contributed by atoms with Crippen molar-refractivity contribution in [2.24, 2.45) is 5.92 Å². The second-order valence-electron chi connectivity index (χ2n) is 4.02. The minimum absolute atomic E-state index is 0.566. The van der Waals surface area contributed by atoms with Gasteiger partial charge in [-0.25, -0.2) is 9.97 Å². The smallest absolute Gasteiger partial charge is 0.129 e. The van der Waals surface area contributed by atoms with Crippen LogP contribution in [0.2, 0.25) is 0 Å². The first-order valence-corrected chi connectivity index (χ1v) is 6.28. The van der Waals surface area contributed by atoms with E-state index in [2.05, 4.69) is 38.1 Å². The molecule has 0 radical (unpaired) electrons. The molecular weight excluding hydrogens is 254 g/mol. The van der Waals surface area contributed by atoms with Crippen LogP contribution in [0.25, 0.3) is 0 Å². The van der Waals surface area contributed by atoms with Crippen LogP contribution in [0.4, 0.5) is 0 Å². The van der Waals surface area contributed by atoms with E-state index in [1.165, 1.54) is 12.8 Å². The van der Waals surface area contributed by atoms with Gasteiger partial charge in [0.15, 0.2) is 0 Å². The van der Waals surface area contributed by atoms with Crippen LogP contribution >= 0.6 is 15.9 Å². The third-order valence-corrected chi connectivity index (χ3v) is 3.14. The van der Waals surface area contributed by atoms with Gasteiger partial charge in [0.25, 0.3) is 0 Å². The maximum atomic E-state index is 4.31. The Morgan fingerprint density at radius 2 is 2.13 bits per heavy atom. The Balaban J connectivity index is 1.95. The van der Waals surface area contributed by atoms with E-state index >= 15 is 0 Å². The fourth-order valence-electron chi connectivity index (χ4n) is 1.81. The molecule has 4 heteroatoms. The SMILES string of the molecule is CCNC(Cc1ncc(Br)cn1)C1CC1. The molecule has 0 aromatic carbocycles. The topological polar surface area (TPSA) is 37.8 Å². The number of likely N-dealkylation sites (N-methyl/N-ethyl adjacent to an activating group) is 1. The van der Waals surface area contributed by atoms with Gasteiger partial charge in [0, 0.05) is 24.9 Å². The van der Waals surface area contributed by atoms with Crippen LogP contribution in [0.15, 0.2) is 16.9 Å². The molecule has 0 amide bonds. The molecule has 3 nitrogen and oxygen atoms in total. The summed E-state index contributed by atoms with van der Waals surface area (Å²) in [7, 11) is 0. The predicted octanol–water partition coefficient (Wildman–Crippen LogP) is 2.17. The van der Waals surface area contributed by atoms with Crippen molar-refractivity contribution < 1.29 is 0 Å². The van der Waals surface area contributed by atoms with Crippen LogP contribution in [-0.2, 0) is 6.42 Å². The van der Waals surface area contributed by atoms with Gasteiger partial charge in [-0.2, -0.15) is 0 Å². The summed E-state index contributed by atoms with van der Waals surface area (Å²) in [6.07, 6.45) is 7.30. The predicted molar refractivity (Wildman–Crippen MR) is 63.6 cm³/mol. The average Bonchev–Trinajstić information content (AvgIpc) is 3.04. The van der Waals surface area contributed by atoms with E-state index in [0.717, 1.165) is 29.2 Å². The molecule has 0 bridgehead atoms. The molecule has 0 spiro atoms. The summed E-state index contributed by atoms with van der Waals surface area (Å²) in [5, 5.41) is 3.52. The minimum Gasteiger partial charge on any atom is -0.314 e. The van der Waals surface area contributed by atoms with Gasteiger partial charge in [0.05, 0.1) is 4.47 Å². The molecule has 1 aromatic heterocycles. The lowest BCUT2D eigenvalue weighted by Gasteiger charge is -2.15. The van der Waals surface area contributed by atoms with Gasteiger partial charge in [0.1, 0.15) is 5.82 Å². The van der Waals surface area contributed by atoms with Gasteiger partial charge in [-0.15, -0.1) is 0 Å². The Morgan fingerprint density at radius 3 is 2.67 bits per heavy atom. The lowest BCUT2D eigenvalue weighted by atomic mass is 10.1. The number of nitrogens with zero attached hydrogens (tertiary/aromatic N) is 2. The Labute approximate surface area is 98.8 Å². The monoisotopic (exact) mass is 269 g/mol. The molecule has 1 aliphatic rings. The fourth-order valence-corrected chi connectivity index (χ4v) is 2.01. The van der Waals surface area contributed by atoms with Crippen molar-refractivity contribution in [2.45, 2.75) is 32.2 Å². The molecular formula is C11H16BrN3. The van der Waals surface area contributed by atoms with Crippen molar-refractivity contribution in [1.29, 1.82) is 0 Å². The van der Waals surface area contributed by atoms with Gasteiger partial charge in [0.2, 0.25) is 0 Å². The molecule has 2 rings (SSSR count). The molecule has 1 unspecified atom stereocenters. The van der Waals surface area contributed by atoms with Crippen LogP contribution in [0.5, 0.6) is 0 Å². The molecule has 82 valence electrons. The average molecular weight is 270 g/mol. The molecule has 0 saturated heterocycles. The van der Waals surface area contributed by atoms with Gasteiger partial charge < -0.3 is 5.32 Å². The van der Waals surface area contributed by atoms with Crippen molar-refractivity contribution >= 4 is 15.9 Å². The highest BCUT2D eigenvalue weighted by Crippen LogP contribution is 2.33. The standard InChI is InChI=1S/C11H16BrN3/c1-2-13-10(8-3-4-8)5-11-14-6-9(12)7-15-11/h6-8,10,13H,2-5H2,1H3. The zero-order valence-electron chi connectivity index (χ0n) is 8.91. The zero-order chi connectivity index (χ0) is 10.7. The van der Waals surface area contributed by atoms with Crippen LogP contribution in [-0.4, -0.2) is 22.6 Å². The summed E-state index contributed by atoms with van der Waals surface area (Å²) in [4.78, 5) is 8.63. The van der Waals surface area contributed by atoms with Crippen LogP contribution in [0.3, 0.4) is 0 Å². The highest BCUT2D eigenvalue weighted by Gasteiger charge is 2.30. The summed E-state index contributed by atoms with van der Waals surface area (Å²) >= 11 is 3.34. The first kappa shape index (κ1) is 11.0. The lowest BCUT2D eigenvalue weighted by molar-refractivity contribution is 0.463. The molecule has 1 saturated carbocycles. The Bertz CT molecular complexity index is 308. The summed E-state index contributed by atoms with van der Waals surface area (Å²) in [6.45, 7) is 3.18. The lowest BCUT2D eigenvalue weighted by Crippen LogP contribution is -2.33. The Morgan fingerprint density at radius 1 is 1.47 bits per heavy atom. The third-order valence-electron chi connectivity index (χ3n) is 2.73. The summed E-state index contributed by atoms with van der Waals surface area (Å²) < 4.78 is 0.942. The van der Waals surface area contributed by atoms with Crippen molar-refractivity contribution in [3.05, 3.63) is 22.7 Å². The number of hydrogen-bond donors (Lipinski definition) is 1. The van der Waals surface area contributed by atoms with E-state index in [1.54, 1.807) is 0 Å². The van der Waals surface area contributed by atoms with Crippen molar-refractivity contribution in [1.82, 2.24) is 15.3 Å². The van der Waals surface area contributed by atoms with E-state index in [1.807, 2.05) is 12.4 Å². The maximum absolute atomic E-state index is 4.31. The van der Waals surface area contributed by atoms with E-state index in [0.29, 0.717) is 6.04 Å². The number of nitrogens with one attached hydrogen (secondary N) is 1. The van der Waals surface area contributed by atoms with E-state index in [9.17, 15) is 0 Å². The van der Waals surface area contributed by atoms with Gasteiger partial charge in [-0.3, -0.25) is 0 Å². The van der Waals surface area contributed by atoms with E-state index in [-0.39, 0.29) is 0 Å². The number of rotatable bonds is 5. The van der Waals surface area contributed by atoms with Crippen LogP contribution < -0.4 is 5.32 Å². The van der Waals surface area contributed by atoms with Crippen LogP contribution in [0, 0.1) is 5.92 Å². The van der Waals surface area contributed by atoms with E-state index in [4.69, 9.17) is 0 Å².